The predicted molar refractivity (Wildman–Crippen MR) is 145 cm³/mol. The number of imidazole rings is 1. The molecule has 1 radical (unpaired) electrons. The van der Waals surface area contributed by atoms with E-state index in [2.05, 4.69) is 77.5 Å². The SMILES string of the molecule is [Ir].[c-]1cccc(-c2ccccc2-n2cncc2-c2c(C3CCCCC3)cccc2C2CCCCC2)c1. The molecule has 2 nitrogen and oxygen atoms in total. The minimum atomic E-state index is 0. The quantitative estimate of drug-likeness (QED) is 0.197. The smallest absolute Gasteiger partial charge is 0.0996 e. The molecular weight excluding hydrogens is 617 g/mol. The topological polar surface area (TPSA) is 17.8 Å². The van der Waals surface area contributed by atoms with Crippen LogP contribution in [0.2, 0.25) is 0 Å². The normalized spacial score (nSPS) is 17.0. The van der Waals surface area contributed by atoms with Gasteiger partial charge in [0.25, 0.3) is 0 Å². The van der Waals surface area contributed by atoms with Crippen LogP contribution in [0.15, 0.2) is 79.3 Å². The molecule has 0 bridgehead atoms. The summed E-state index contributed by atoms with van der Waals surface area (Å²) in [6, 6.07) is 27.5. The van der Waals surface area contributed by atoms with Crippen molar-refractivity contribution in [1.29, 1.82) is 0 Å². The van der Waals surface area contributed by atoms with Gasteiger partial charge in [0.15, 0.2) is 0 Å². The van der Waals surface area contributed by atoms with Gasteiger partial charge in [0.1, 0.15) is 0 Å². The number of hydrogen-bond acceptors (Lipinski definition) is 1. The van der Waals surface area contributed by atoms with E-state index in [1.807, 2.05) is 12.4 Å². The third-order valence-corrected chi connectivity index (χ3v) is 8.30. The maximum absolute atomic E-state index is 4.74. The van der Waals surface area contributed by atoms with Gasteiger partial charge in [0, 0.05) is 31.4 Å². The Bertz CT molecular complexity index is 1230. The molecule has 0 unspecified atom stereocenters. The third-order valence-electron chi connectivity index (χ3n) is 8.30. The van der Waals surface area contributed by atoms with E-state index in [4.69, 9.17) is 4.98 Å². The number of nitrogens with zero attached hydrogens (tertiary/aromatic N) is 2. The van der Waals surface area contributed by atoms with Crippen molar-refractivity contribution in [2.75, 3.05) is 0 Å². The Morgan fingerprint density at radius 3 is 2.03 bits per heavy atom. The third kappa shape index (κ3) is 5.01. The van der Waals surface area contributed by atoms with E-state index < -0.39 is 0 Å². The van der Waals surface area contributed by atoms with Gasteiger partial charge in [0.2, 0.25) is 0 Å². The molecule has 0 atom stereocenters. The first-order valence-corrected chi connectivity index (χ1v) is 13.6. The number of para-hydroxylation sites is 1. The number of benzene rings is 3. The monoisotopic (exact) mass is 652 g/mol. The van der Waals surface area contributed by atoms with Crippen LogP contribution in [-0.4, -0.2) is 9.55 Å². The van der Waals surface area contributed by atoms with Gasteiger partial charge in [-0.15, -0.1) is 5.56 Å². The van der Waals surface area contributed by atoms with Crippen molar-refractivity contribution in [2.24, 2.45) is 0 Å². The summed E-state index contributed by atoms with van der Waals surface area (Å²) in [6.07, 6.45) is 17.5. The Kier molecular flexibility index (Phi) is 8.19. The molecule has 4 aromatic rings. The summed E-state index contributed by atoms with van der Waals surface area (Å²) < 4.78 is 2.34. The molecule has 2 aliphatic rings. The minimum Gasteiger partial charge on any atom is -0.299 e. The summed E-state index contributed by atoms with van der Waals surface area (Å²) in [5.41, 5.74) is 9.43. The molecule has 1 heterocycles. The van der Waals surface area contributed by atoms with Crippen LogP contribution in [0.5, 0.6) is 0 Å². The zero-order valence-corrected chi connectivity index (χ0v) is 23.4. The first-order chi connectivity index (χ1) is 17.4. The van der Waals surface area contributed by atoms with Gasteiger partial charge in [-0.2, -0.15) is 30.3 Å². The van der Waals surface area contributed by atoms with E-state index in [1.165, 1.54) is 92.3 Å². The maximum atomic E-state index is 4.74. The molecular formula is C33H35IrN2-. The van der Waals surface area contributed by atoms with Gasteiger partial charge >= 0.3 is 0 Å². The Balaban J connectivity index is 0.00000267. The first kappa shape index (κ1) is 25.2. The Morgan fingerprint density at radius 2 is 1.39 bits per heavy atom. The Morgan fingerprint density at radius 1 is 0.722 bits per heavy atom. The number of aromatic nitrogens is 2. The molecule has 0 saturated heterocycles. The van der Waals surface area contributed by atoms with E-state index >= 15 is 0 Å². The molecule has 2 aliphatic carbocycles. The van der Waals surface area contributed by atoms with Crippen molar-refractivity contribution in [1.82, 2.24) is 9.55 Å². The molecule has 187 valence electrons. The molecule has 2 saturated carbocycles. The van der Waals surface area contributed by atoms with E-state index in [9.17, 15) is 0 Å². The molecule has 0 spiro atoms. The molecule has 3 aromatic carbocycles. The van der Waals surface area contributed by atoms with Crippen molar-refractivity contribution >= 4 is 0 Å². The van der Waals surface area contributed by atoms with Crippen LogP contribution >= 0.6 is 0 Å². The fourth-order valence-corrected chi connectivity index (χ4v) is 6.55. The standard InChI is InChI=1S/C33H35N2.Ir/c1-4-13-25(14-5-1)28-19-10-11-22-31(28)35-24-34-23-32(35)33-29(26-15-6-2-7-16-26)20-12-21-30(33)27-17-8-3-9-18-27;/h1,4,10-14,19-24,26-27H,2-3,6-9,15-18H2;/q-1;. The maximum Gasteiger partial charge on any atom is 0.0996 e. The second-order valence-corrected chi connectivity index (χ2v) is 10.4. The van der Waals surface area contributed by atoms with E-state index in [0.29, 0.717) is 11.8 Å². The van der Waals surface area contributed by atoms with E-state index in [-0.39, 0.29) is 20.1 Å². The molecule has 36 heavy (non-hydrogen) atoms. The van der Waals surface area contributed by atoms with Crippen LogP contribution in [0.1, 0.15) is 87.2 Å². The predicted octanol–water partition coefficient (Wildman–Crippen LogP) is 9.10. The van der Waals surface area contributed by atoms with Gasteiger partial charge in [0.05, 0.1) is 18.2 Å². The van der Waals surface area contributed by atoms with Crippen molar-refractivity contribution in [2.45, 2.75) is 76.0 Å². The summed E-state index contributed by atoms with van der Waals surface area (Å²) >= 11 is 0. The van der Waals surface area contributed by atoms with Crippen LogP contribution < -0.4 is 0 Å². The van der Waals surface area contributed by atoms with Gasteiger partial charge in [-0.05, 0) is 60.3 Å². The average Bonchev–Trinajstić information content (AvgIpc) is 3.43. The summed E-state index contributed by atoms with van der Waals surface area (Å²) in [4.78, 5) is 4.74. The summed E-state index contributed by atoms with van der Waals surface area (Å²) in [7, 11) is 0. The summed E-state index contributed by atoms with van der Waals surface area (Å²) in [6.45, 7) is 0. The van der Waals surface area contributed by atoms with Crippen molar-refractivity contribution in [3.63, 3.8) is 0 Å². The average molecular weight is 652 g/mol. The second-order valence-electron chi connectivity index (χ2n) is 10.4. The first-order valence-electron chi connectivity index (χ1n) is 13.6. The van der Waals surface area contributed by atoms with Crippen molar-refractivity contribution in [3.05, 3.63) is 96.4 Å². The summed E-state index contributed by atoms with van der Waals surface area (Å²) in [5, 5.41) is 0. The van der Waals surface area contributed by atoms with Crippen molar-refractivity contribution in [3.8, 4) is 28.1 Å². The van der Waals surface area contributed by atoms with E-state index in [1.54, 1.807) is 11.1 Å². The van der Waals surface area contributed by atoms with Gasteiger partial charge in [-0.1, -0.05) is 74.9 Å². The van der Waals surface area contributed by atoms with Crippen LogP contribution in [0.4, 0.5) is 0 Å². The molecule has 0 amide bonds. The Labute approximate surface area is 229 Å². The molecule has 1 aromatic heterocycles. The fraction of sp³-hybridized carbons (Fsp3) is 0.364. The zero-order chi connectivity index (χ0) is 23.5. The second kappa shape index (κ2) is 11.7. The van der Waals surface area contributed by atoms with Gasteiger partial charge < -0.3 is 0 Å². The minimum absolute atomic E-state index is 0. The Hall–Kier alpha value is -2.48. The number of rotatable bonds is 5. The van der Waals surface area contributed by atoms with Crippen LogP contribution in [0.25, 0.3) is 28.1 Å². The fourth-order valence-electron chi connectivity index (χ4n) is 6.55. The zero-order valence-electron chi connectivity index (χ0n) is 21.0. The molecule has 0 aliphatic heterocycles. The largest absolute Gasteiger partial charge is 0.299 e. The van der Waals surface area contributed by atoms with Crippen molar-refractivity contribution < 1.29 is 20.1 Å². The molecule has 3 heteroatoms. The molecule has 0 N–H and O–H groups in total. The molecule has 6 rings (SSSR count). The molecule has 2 fully saturated rings. The van der Waals surface area contributed by atoms with Gasteiger partial charge in [-0.25, -0.2) is 4.98 Å². The van der Waals surface area contributed by atoms with Crippen LogP contribution in [-0.2, 0) is 20.1 Å². The summed E-state index contributed by atoms with van der Waals surface area (Å²) in [5.74, 6) is 1.31. The van der Waals surface area contributed by atoms with E-state index in [0.717, 1.165) is 0 Å². The van der Waals surface area contributed by atoms with Gasteiger partial charge in [-0.3, -0.25) is 4.57 Å². The van der Waals surface area contributed by atoms with Crippen LogP contribution in [0.3, 0.4) is 0 Å². The van der Waals surface area contributed by atoms with Crippen LogP contribution in [0, 0.1) is 6.07 Å². The number of hydrogen-bond donors (Lipinski definition) is 0.